The number of hydrogen-bond acceptors (Lipinski definition) is 5. The number of ether oxygens (including phenoxy) is 2. The summed E-state index contributed by atoms with van der Waals surface area (Å²) in [6.45, 7) is 1.51. The molecule has 1 aliphatic rings. The highest BCUT2D eigenvalue weighted by Crippen LogP contribution is 2.36. The molecular formula is C21H30N4O3. The molecule has 0 aliphatic carbocycles. The van der Waals surface area contributed by atoms with E-state index < -0.39 is 0 Å². The average Bonchev–Trinajstić information content (AvgIpc) is 3.06. The van der Waals surface area contributed by atoms with Crippen molar-refractivity contribution in [1.82, 2.24) is 19.6 Å². The van der Waals surface area contributed by atoms with E-state index in [2.05, 4.69) is 11.0 Å². The molecular weight excluding hydrogens is 356 g/mol. The molecule has 152 valence electrons. The molecule has 1 aromatic carbocycles. The monoisotopic (exact) mass is 386 g/mol. The maximum Gasteiger partial charge on any atom is 0.261 e. The molecule has 1 saturated heterocycles. The molecule has 0 saturated carbocycles. The van der Waals surface area contributed by atoms with E-state index >= 15 is 0 Å². The van der Waals surface area contributed by atoms with Crippen molar-refractivity contribution in [3.8, 4) is 11.5 Å². The largest absolute Gasteiger partial charge is 0.496 e. The number of piperidine rings is 1. The van der Waals surface area contributed by atoms with E-state index in [4.69, 9.17) is 14.6 Å². The molecule has 1 aliphatic heterocycles. The Morgan fingerprint density at radius 3 is 2.50 bits per heavy atom. The van der Waals surface area contributed by atoms with Gasteiger partial charge in [0.25, 0.3) is 5.91 Å². The van der Waals surface area contributed by atoms with Gasteiger partial charge in [-0.15, -0.1) is 0 Å². The lowest BCUT2D eigenvalue weighted by Crippen LogP contribution is -2.39. The summed E-state index contributed by atoms with van der Waals surface area (Å²) in [6.07, 6.45) is 2.97. The van der Waals surface area contributed by atoms with Crippen LogP contribution in [0.15, 0.2) is 24.3 Å². The third kappa shape index (κ3) is 3.99. The van der Waals surface area contributed by atoms with Gasteiger partial charge in [0.05, 0.1) is 31.6 Å². The van der Waals surface area contributed by atoms with E-state index in [1.54, 1.807) is 26.4 Å². The lowest BCUT2D eigenvalue weighted by molar-refractivity contribution is 0.0598. The van der Waals surface area contributed by atoms with Gasteiger partial charge in [0.15, 0.2) is 0 Å². The minimum Gasteiger partial charge on any atom is -0.496 e. The van der Waals surface area contributed by atoms with E-state index in [9.17, 15) is 4.79 Å². The summed E-state index contributed by atoms with van der Waals surface area (Å²) in [4.78, 5) is 17.6. The molecule has 1 fully saturated rings. The molecule has 1 aromatic heterocycles. The van der Waals surface area contributed by atoms with Crippen molar-refractivity contribution in [2.45, 2.75) is 31.8 Å². The highest BCUT2D eigenvalue weighted by atomic mass is 16.5. The maximum atomic E-state index is 13.5. The molecule has 0 unspecified atom stereocenters. The van der Waals surface area contributed by atoms with Crippen LogP contribution in [0.1, 0.15) is 47.1 Å². The number of benzene rings is 1. The first kappa shape index (κ1) is 20.2. The zero-order valence-corrected chi connectivity index (χ0v) is 17.4. The molecule has 0 spiro atoms. The lowest BCUT2D eigenvalue weighted by atomic mass is 9.97. The predicted molar refractivity (Wildman–Crippen MR) is 108 cm³/mol. The van der Waals surface area contributed by atoms with Crippen molar-refractivity contribution in [1.29, 1.82) is 0 Å². The van der Waals surface area contributed by atoms with Gasteiger partial charge in [-0.2, -0.15) is 5.10 Å². The van der Waals surface area contributed by atoms with Crippen LogP contribution in [0.25, 0.3) is 0 Å². The number of aromatic nitrogens is 2. The minimum atomic E-state index is -0.0705. The molecule has 0 bridgehead atoms. The number of methoxy groups -OCH3 is 2. The molecule has 0 radical (unpaired) electrons. The van der Waals surface area contributed by atoms with E-state index in [0.717, 1.165) is 37.2 Å². The molecule has 7 nitrogen and oxygen atoms in total. The molecule has 1 amide bonds. The number of likely N-dealkylation sites (tertiary alicyclic amines) is 1. The third-order valence-electron chi connectivity index (χ3n) is 5.22. The van der Waals surface area contributed by atoms with Gasteiger partial charge in [-0.05, 0) is 51.6 Å². The van der Waals surface area contributed by atoms with Crippen molar-refractivity contribution < 1.29 is 14.3 Å². The van der Waals surface area contributed by atoms with Crippen molar-refractivity contribution in [3.63, 3.8) is 0 Å². The highest BCUT2D eigenvalue weighted by Gasteiger charge is 2.33. The summed E-state index contributed by atoms with van der Waals surface area (Å²) >= 11 is 0. The lowest BCUT2D eigenvalue weighted by Gasteiger charge is -2.35. The van der Waals surface area contributed by atoms with Crippen LogP contribution in [0.5, 0.6) is 11.5 Å². The molecule has 0 N–H and O–H groups in total. The Labute approximate surface area is 166 Å². The summed E-state index contributed by atoms with van der Waals surface area (Å²) < 4.78 is 12.8. The molecule has 2 aromatic rings. The minimum absolute atomic E-state index is 0.0435. The second kappa shape index (κ2) is 8.65. The number of amides is 1. The molecule has 2 heterocycles. The Kier molecular flexibility index (Phi) is 6.24. The average molecular weight is 386 g/mol. The van der Waals surface area contributed by atoms with Crippen LogP contribution in [-0.2, 0) is 13.6 Å². The fourth-order valence-corrected chi connectivity index (χ4v) is 3.85. The van der Waals surface area contributed by atoms with Crippen LogP contribution in [0, 0.1) is 0 Å². The van der Waals surface area contributed by atoms with Crippen LogP contribution in [0.4, 0.5) is 0 Å². The first-order valence-electron chi connectivity index (χ1n) is 9.65. The zero-order chi connectivity index (χ0) is 20.3. The Morgan fingerprint density at radius 2 is 1.89 bits per heavy atom. The number of aryl methyl sites for hydroxylation is 1. The predicted octanol–water partition coefficient (Wildman–Crippen LogP) is 2.87. The Morgan fingerprint density at radius 1 is 1.21 bits per heavy atom. The van der Waals surface area contributed by atoms with Crippen molar-refractivity contribution in [3.05, 3.63) is 41.2 Å². The first-order chi connectivity index (χ1) is 13.5. The van der Waals surface area contributed by atoms with E-state index in [-0.39, 0.29) is 11.9 Å². The van der Waals surface area contributed by atoms with Crippen LogP contribution >= 0.6 is 0 Å². The molecule has 28 heavy (non-hydrogen) atoms. The zero-order valence-electron chi connectivity index (χ0n) is 17.4. The van der Waals surface area contributed by atoms with E-state index in [1.165, 1.54) is 0 Å². The van der Waals surface area contributed by atoms with Gasteiger partial charge in [0.2, 0.25) is 0 Å². The van der Waals surface area contributed by atoms with Crippen molar-refractivity contribution in [2.75, 3.05) is 34.9 Å². The fourth-order valence-electron chi connectivity index (χ4n) is 3.85. The first-order valence-corrected chi connectivity index (χ1v) is 9.65. The van der Waals surface area contributed by atoms with Crippen LogP contribution in [0.3, 0.4) is 0 Å². The van der Waals surface area contributed by atoms with Gasteiger partial charge in [0, 0.05) is 20.1 Å². The summed E-state index contributed by atoms with van der Waals surface area (Å²) in [6, 6.07) is 7.50. The van der Waals surface area contributed by atoms with Crippen molar-refractivity contribution in [2.24, 2.45) is 7.05 Å². The second-order valence-electron chi connectivity index (χ2n) is 7.47. The summed E-state index contributed by atoms with van der Waals surface area (Å²) in [5.74, 6) is 0.991. The third-order valence-corrected chi connectivity index (χ3v) is 5.22. The SMILES string of the molecule is COc1cccc(OC)c1C(=O)N1CCCC[C@@H]1c1cc(CN(C)C)n(C)n1. The van der Waals surface area contributed by atoms with E-state index in [1.807, 2.05) is 36.8 Å². The van der Waals surface area contributed by atoms with Gasteiger partial charge in [0.1, 0.15) is 17.1 Å². The fraction of sp³-hybridized carbons (Fsp3) is 0.524. The molecule has 3 rings (SSSR count). The van der Waals surface area contributed by atoms with Gasteiger partial charge in [-0.3, -0.25) is 9.48 Å². The van der Waals surface area contributed by atoms with Gasteiger partial charge in [-0.1, -0.05) is 6.07 Å². The maximum absolute atomic E-state index is 13.5. The van der Waals surface area contributed by atoms with Gasteiger partial charge < -0.3 is 19.3 Å². The standard InChI is InChI=1S/C21H30N4O3/c1-23(2)14-15-13-16(22-24(15)3)17-9-6-7-12-25(17)21(26)20-18(27-4)10-8-11-19(20)28-5/h8,10-11,13,17H,6-7,9,12,14H2,1-5H3/t17-/m1/s1. The van der Waals surface area contributed by atoms with Crippen molar-refractivity contribution >= 4 is 5.91 Å². The number of rotatable bonds is 6. The molecule has 1 atom stereocenters. The normalized spacial score (nSPS) is 17.1. The second-order valence-corrected chi connectivity index (χ2v) is 7.47. The smallest absolute Gasteiger partial charge is 0.261 e. The number of carbonyl (C=O) groups excluding carboxylic acids is 1. The Hall–Kier alpha value is -2.54. The summed E-state index contributed by atoms with van der Waals surface area (Å²) in [5, 5.41) is 4.73. The van der Waals surface area contributed by atoms with Gasteiger partial charge in [-0.25, -0.2) is 0 Å². The Balaban J connectivity index is 1.96. The molecule has 7 heteroatoms. The van der Waals surface area contributed by atoms with Crippen LogP contribution < -0.4 is 9.47 Å². The highest BCUT2D eigenvalue weighted by molar-refractivity contribution is 6.00. The topological polar surface area (TPSA) is 59.8 Å². The number of nitrogens with zero attached hydrogens (tertiary/aromatic N) is 4. The Bertz CT molecular complexity index is 809. The van der Waals surface area contributed by atoms with Gasteiger partial charge >= 0.3 is 0 Å². The van der Waals surface area contributed by atoms with Crippen LogP contribution in [-0.4, -0.2) is 60.3 Å². The van der Waals surface area contributed by atoms with Crippen LogP contribution in [0.2, 0.25) is 0 Å². The number of hydrogen-bond donors (Lipinski definition) is 0. The number of carbonyl (C=O) groups is 1. The van der Waals surface area contributed by atoms with E-state index in [0.29, 0.717) is 23.6 Å². The quantitative estimate of drug-likeness (QED) is 0.764. The summed E-state index contributed by atoms with van der Waals surface area (Å²) in [7, 11) is 9.19. The summed E-state index contributed by atoms with van der Waals surface area (Å²) in [5.41, 5.74) is 2.55.